The number of aromatic nitrogens is 2. The zero-order valence-corrected chi connectivity index (χ0v) is 13.1. The molecule has 4 heteroatoms. The van der Waals surface area contributed by atoms with Gasteiger partial charge in [0, 0.05) is 10.2 Å². The fourth-order valence-corrected chi connectivity index (χ4v) is 3.09. The number of hydrogen-bond donors (Lipinski definition) is 1. The Morgan fingerprint density at radius 2 is 1.74 bits per heavy atom. The summed E-state index contributed by atoms with van der Waals surface area (Å²) in [4.78, 5) is 3.25. The summed E-state index contributed by atoms with van der Waals surface area (Å²) in [5.74, 6) is 0. The number of benzene rings is 2. The Bertz CT molecular complexity index is 810. The van der Waals surface area contributed by atoms with Gasteiger partial charge in [-0.3, -0.25) is 4.57 Å². The maximum Gasteiger partial charge on any atom is 0.182 e. The maximum atomic E-state index is 5.46. The molecule has 0 spiro atoms. The van der Waals surface area contributed by atoms with Crippen LogP contribution in [0, 0.1) is 18.6 Å². The molecule has 1 aromatic heterocycles. The summed E-state index contributed by atoms with van der Waals surface area (Å²) < 4.78 is 3.85. The highest BCUT2D eigenvalue weighted by Gasteiger charge is 2.07. The second-order valence-electron chi connectivity index (χ2n) is 4.77. The van der Waals surface area contributed by atoms with Gasteiger partial charge in [0.1, 0.15) is 0 Å². The molecule has 0 unspecified atom stereocenters. The molecule has 0 radical (unpaired) electrons. The predicted octanol–water partition coefficient (Wildman–Crippen LogP) is 5.07. The first-order valence-corrected chi connectivity index (χ1v) is 7.24. The van der Waals surface area contributed by atoms with Crippen molar-refractivity contribution in [3.8, 4) is 5.69 Å². The second kappa shape index (κ2) is 4.62. The molecule has 2 nitrogen and oxygen atoms in total. The van der Waals surface area contributed by atoms with E-state index in [0.717, 1.165) is 26.0 Å². The number of H-pyrrole nitrogens is 1. The van der Waals surface area contributed by atoms with Crippen LogP contribution in [-0.2, 0) is 0 Å². The van der Waals surface area contributed by atoms with E-state index >= 15 is 0 Å². The first-order valence-electron chi connectivity index (χ1n) is 6.03. The topological polar surface area (TPSA) is 20.7 Å². The third kappa shape index (κ3) is 2.26. The Morgan fingerprint density at radius 1 is 1.05 bits per heavy atom. The van der Waals surface area contributed by atoms with Gasteiger partial charge in [-0.15, -0.1) is 0 Å². The van der Waals surface area contributed by atoms with E-state index in [2.05, 4.69) is 63.6 Å². The highest BCUT2D eigenvalue weighted by atomic mass is 79.9. The van der Waals surface area contributed by atoms with Crippen molar-refractivity contribution in [3.63, 3.8) is 0 Å². The van der Waals surface area contributed by atoms with Gasteiger partial charge in [-0.25, -0.2) is 0 Å². The number of hydrogen-bond acceptors (Lipinski definition) is 1. The maximum absolute atomic E-state index is 5.46. The van der Waals surface area contributed by atoms with E-state index in [4.69, 9.17) is 12.2 Å². The van der Waals surface area contributed by atoms with Crippen LogP contribution in [0.15, 0.2) is 40.9 Å². The molecule has 0 atom stereocenters. The lowest BCUT2D eigenvalue weighted by Crippen LogP contribution is -1.95. The number of nitrogens with zero attached hydrogens (tertiary/aromatic N) is 1. The van der Waals surface area contributed by atoms with Gasteiger partial charge >= 0.3 is 0 Å². The van der Waals surface area contributed by atoms with Crippen LogP contribution in [0.3, 0.4) is 0 Å². The van der Waals surface area contributed by atoms with Gasteiger partial charge in [-0.1, -0.05) is 22.0 Å². The van der Waals surface area contributed by atoms with Crippen molar-refractivity contribution in [1.29, 1.82) is 0 Å². The van der Waals surface area contributed by atoms with Crippen LogP contribution < -0.4 is 0 Å². The van der Waals surface area contributed by atoms with Gasteiger partial charge in [0.05, 0.1) is 11.0 Å². The molecular weight excluding hydrogens is 320 g/mol. The van der Waals surface area contributed by atoms with E-state index in [0.29, 0.717) is 0 Å². The summed E-state index contributed by atoms with van der Waals surface area (Å²) in [5, 5.41) is 0. The summed E-state index contributed by atoms with van der Waals surface area (Å²) >= 11 is 8.94. The largest absolute Gasteiger partial charge is 0.330 e. The fraction of sp³-hybridized carbons (Fsp3) is 0.133. The fourth-order valence-electron chi connectivity index (χ4n) is 2.42. The van der Waals surface area contributed by atoms with Crippen molar-refractivity contribution in [2.75, 3.05) is 0 Å². The Kier molecular flexibility index (Phi) is 3.07. The first-order chi connectivity index (χ1) is 9.04. The number of fused-ring (bicyclic) bond motifs is 1. The quantitative estimate of drug-likeness (QED) is 0.617. The number of rotatable bonds is 1. The molecular formula is C15H13BrN2S. The normalized spacial score (nSPS) is 11.1. The Hall–Kier alpha value is -1.39. The van der Waals surface area contributed by atoms with E-state index in [1.807, 2.05) is 12.1 Å². The van der Waals surface area contributed by atoms with E-state index in [9.17, 15) is 0 Å². The summed E-state index contributed by atoms with van der Waals surface area (Å²) in [6.07, 6.45) is 0. The lowest BCUT2D eigenvalue weighted by molar-refractivity contribution is 1.06. The molecule has 2 aromatic carbocycles. The lowest BCUT2D eigenvalue weighted by Gasteiger charge is -2.07. The van der Waals surface area contributed by atoms with E-state index < -0.39 is 0 Å². The third-order valence-corrected chi connectivity index (χ3v) is 3.89. The first kappa shape index (κ1) is 12.6. The van der Waals surface area contributed by atoms with Gasteiger partial charge in [0.25, 0.3) is 0 Å². The van der Waals surface area contributed by atoms with Crippen LogP contribution in [0.1, 0.15) is 11.1 Å². The van der Waals surface area contributed by atoms with E-state index in [1.54, 1.807) is 0 Å². The average molecular weight is 333 g/mol. The zero-order chi connectivity index (χ0) is 13.6. The minimum atomic E-state index is 0.720. The molecule has 0 aliphatic carbocycles. The van der Waals surface area contributed by atoms with Crippen molar-refractivity contribution < 1.29 is 0 Å². The molecule has 0 amide bonds. The SMILES string of the molecule is Cc1cc(C)cc(-n2c(=S)[nH]c3cc(Br)ccc32)c1. The molecule has 1 heterocycles. The number of aryl methyl sites for hydroxylation is 2. The van der Waals surface area contributed by atoms with Gasteiger partial charge in [-0.2, -0.15) is 0 Å². The monoisotopic (exact) mass is 332 g/mol. The highest BCUT2D eigenvalue weighted by Crippen LogP contribution is 2.24. The van der Waals surface area contributed by atoms with Gasteiger partial charge in [0.2, 0.25) is 0 Å². The average Bonchev–Trinajstić information content (AvgIpc) is 2.62. The van der Waals surface area contributed by atoms with Crippen LogP contribution in [0.4, 0.5) is 0 Å². The van der Waals surface area contributed by atoms with Gasteiger partial charge in [0.15, 0.2) is 4.77 Å². The number of nitrogens with one attached hydrogen (secondary N) is 1. The van der Waals surface area contributed by atoms with Crippen molar-refractivity contribution in [3.05, 3.63) is 56.8 Å². The van der Waals surface area contributed by atoms with Crippen molar-refractivity contribution in [2.45, 2.75) is 13.8 Å². The summed E-state index contributed by atoms with van der Waals surface area (Å²) in [7, 11) is 0. The molecule has 3 rings (SSSR count). The van der Waals surface area contributed by atoms with Crippen molar-refractivity contribution >= 4 is 39.2 Å². The Labute approximate surface area is 125 Å². The molecule has 0 saturated carbocycles. The molecule has 3 aromatic rings. The number of imidazole rings is 1. The van der Waals surface area contributed by atoms with Crippen LogP contribution in [0.25, 0.3) is 16.7 Å². The highest BCUT2D eigenvalue weighted by molar-refractivity contribution is 9.10. The molecule has 0 bridgehead atoms. The van der Waals surface area contributed by atoms with Crippen LogP contribution in [0.2, 0.25) is 0 Å². The minimum Gasteiger partial charge on any atom is -0.330 e. The summed E-state index contributed by atoms with van der Waals surface area (Å²) in [6.45, 7) is 4.21. The van der Waals surface area contributed by atoms with E-state index in [-0.39, 0.29) is 0 Å². The number of halogens is 1. The summed E-state index contributed by atoms with van der Waals surface area (Å²) in [6, 6.07) is 12.6. The molecule has 0 aliphatic rings. The Morgan fingerprint density at radius 3 is 2.42 bits per heavy atom. The minimum absolute atomic E-state index is 0.720. The number of aromatic amines is 1. The van der Waals surface area contributed by atoms with Crippen LogP contribution >= 0.6 is 28.1 Å². The molecule has 0 fully saturated rings. The lowest BCUT2D eigenvalue weighted by atomic mass is 10.1. The third-order valence-electron chi connectivity index (χ3n) is 3.11. The standard InChI is InChI=1S/C15H13BrN2S/c1-9-5-10(2)7-12(6-9)18-14-4-3-11(16)8-13(14)17-15(18)19/h3-8H,1-2H3,(H,17,19). The Balaban J connectivity index is 2.36. The van der Waals surface area contributed by atoms with Gasteiger partial charge in [-0.05, 0) is 67.5 Å². The van der Waals surface area contributed by atoms with Crippen molar-refractivity contribution in [2.24, 2.45) is 0 Å². The van der Waals surface area contributed by atoms with Gasteiger partial charge < -0.3 is 4.98 Å². The van der Waals surface area contributed by atoms with E-state index in [1.165, 1.54) is 11.1 Å². The summed E-state index contributed by atoms with van der Waals surface area (Å²) in [5.41, 5.74) is 5.72. The second-order valence-corrected chi connectivity index (χ2v) is 6.08. The molecule has 96 valence electrons. The smallest absolute Gasteiger partial charge is 0.182 e. The van der Waals surface area contributed by atoms with Crippen LogP contribution in [-0.4, -0.2) is 9.55 Å². The predicted molar refractivity (Wildman–Crippen MR) is 85.6 cm³/mol. The zero-order valence-electron chi connectivity index (χ0n) is 10.7. The molecule has 19 heavy (non-hydrogen) atoms. The molecule has 1 N–H and O–H groups in total. The molecule has 0 aliphatic heterocycles. The van der Waals surface area contributed by atoms with Crippen molar-refractivity contribution in [1.82, 2.24) is 9.55 Å². The molecule has 0 saturated heterocycles. The van der Waals surface area contributed by atoms with Crippen LogP contribution in [0.5, 0.6) is 0 Å².